The lowest BCUT2D eigenvalue weighted by atomic mass is 10.1. The molecule has 0 radical (unpaired) electrons. The molecule has 3 aromatic heterocycles. The topological polar surface area (TPSA) is 79.0 Å². The number of rotatable bonds is 3. The summed E-state index contributed by atoms with van der Waals surface area (Å²) >= 11 is 0. The number of nitriles is 1. The molecule has 0 fully saturated rings. The van der Waals surface area contributed by atoms with Crippen LogP contribution in [0.2, 0.25) is 0 Å². The molecule has 0 aliphatic rings. The maximum Gasteiger partial charge on any atom is 0.147 e. The quantitative estimate of drug-likeness (QED) is 0.774. The monoisotopic (exact) mass is 253 g/mol. The third-order valence-electron chi connectivity index (χ3n) is 2.83. The second kappa shape index (κ2) is 4.46. The number of fused-ring (bicyclic) bond motifs is 1. The van der Waals surface area contributed by atoms with Crippen LogP contribution in [-0.4, -0.2) is 26.4 Å². The lowest BCUT2D eigenvalue weighted by molar-refractivity contribution is 0.343. The Morgan fingerprint density at radius 2 is 2.32 bits per heavy atom. The van der Waals surface area contributed by atoms with Gasteiger partial charge in [0, 0.05) is 23.5 Å². The Bertz CT molecular complexity index is 751. The average Bonchev–Trinajstić information content (AvgIpc) is 3.08. The first-order chi connectivity index (χ1) is 9.33. The Morgan fingerprint density at radius 3 is 3.00 bits per heavy atom. The molecule has 0 spiro atoms. The standard InChI is InChI=1S/C13H11N5O/c1-2-19-12-3-9(11-5-15-16-6-11)8-18-13(12)10(4-14)7-17-18/h3,5-8H,2H2,1H3,(H,15,16). The molecular formula is C13H11N5O. The molecule has 0 unspecified atom stereocenters. The van der Waals surface area contributed by atoms with E-state index in [4.69, 9.17) is 10.00 Å². The minimum Gasteiger partial charge on any atom is -0.492 e. The van der Waals surface area contributed by atoms with Crippen LogP contribution in [0.3, 0.4) is 0 Å². The van der Waals surface area contributed by atoms with E-state index in [0.717, 1.165) is 11.1 Å². The van der Waals surface area contributed by atoms with Crippen molar-refractivity contribution < 1.29 is 4.74 Å². The van der Waals surface area contributed by atoms with Gasteiger partial charge in [0.05, 0.1) is 19.0 Å². The van der Waals surface area contributed by atoms with Crippen molar-refractivity contribution in [2.24, 2.45) is 0 Å². The highest BCUT2D eigenvalue weighted by Gasteiger charge is 2.13. The van der Waals surface area contributed by atoms with Gasteiger partial charge in [0.15, 0.2) is 0 Å². The summed E-state index contributed by atoms with van der Waals surface area (Å²) in [6.07, 6.45) is 6.91. The first kappa shape index (κ1) is 11.3. The minimum absolute atomic E-state index is 0.502. The van der Waals surface area contributed by atoms with Gasteiger partial charge in [-0.25, -0.2) is 4.52 Å². The van der Waals surface area contributed by atoms with E-state index in [1.807, 2.05) is 19.2 Å². The molecule has 0 saturated carbocycles. The van der Waals surface area contributed by atoms with E-state index >= 15 is 0 Å². The minimum atomic E-state index is 0.502. The first-order valence-corrected chi connectivity index (χ1v) is 5.87. The molecule has 0 aromatic carbocycles. The maximum atomic E-state index is 9.10. The highest BCUT2D eigenvalue weighted by molar-refractivity contribution is 5.74. The van der Waals surface area contributed by atoms with Crippen LogP contribution in [0.15, 0.2) is 30.9 Å². The van der Waals surface area contributed by atoms with Crippen molar-refractivity contribution in [3.8, 4) is 22.9 Å². The number of hydrogen-bond acceptors (Lipinski definition) is 4. The normalized spacial score (nSPS) is 10.5. The summed E-state index contributed by atoms with van der Waals surface area (Å²) in [6.45, 7) is 2.43. The molecule has 3 heterocycles. The number of nitrogens with one attached hydrogen (secondary N) is 1. The second-order valence-corrected chi connectivity index (χ2v) is 3.98. The second-order valence-electron chi connectivity index (χ2n) is 3.98. The van der Waals surface area contributed by atoms with E-state index < -0.39 is 0 Å². The van der Waals surface area contributed by atoms with Gasteiger partial charge in [-0.3, -0.25) is 5.10 Å². The van der Waals surface area contributed by atoms with Crippen molar-refractivity contribution in [2.45, 2.75) is 6.92 Å². The van der Waals surface area contributed by atoms with Crippen molar-refractivity contribution in [2.75, 3.05) is 6.61 Å². The van der Waals surface area contributed by atoms with Gasteiger partial charge in [0.1, 0.15) is 22.9 Å². The molecule has 1 N–H and O–H groups in total. The van der Waals surface area contributed by atoms with E-state index in [1.165, 1.54) is 6.20 Å². The third kappa shape index (κ3) is 1.81. The molecule has 0 saturated heterocycles. The van der Waals surface area contributed by atoms with Gasteiger partial charge in [-0.2, -0.15) is 15.5 Å². The van der Waals surface area contributed by atoms with E-state index in [9.17, 15) is 0 Å². The molecule has 0 aliphatic heterocycles. The Hall–Kier alpha value is -2.81. The van der Waals surface area contributed by atoms with Crippen LogP contribution in [0, 0.1) is 11.3 Å². The number of ether oxygens (including phenoxy) is 1. The fraction of sp³-hybridized carbons (Fsp3) is 0.154. The van der Waals surface area contributed by atoms with E-state index in [2.05, 4.69) is 21.4 Å². The average molecular weight is 253 g/mol. The van der Waals surface area contributed by atoms with E-state index in [0.29, 0.717) is 23.4 Å². The first-order valence-electron chi connectivity index (χ1n) is 5.87. The molecule has 3 rings (SSSR count). The van der Waals surface area contributed by atoms with Gasteiger partial charge < -0.3 is 4.74 Å². The Balaban J connectivity index is 2.26. The number of aromatic nitrogens is 4. The van der Waals surface area contributed by atoms with Crippen LogP contribution >= 0.6 is 0 Å². The third-order valence-corrected chi connectivity index (χ3v) is 2.83. The van der Waals surface area contributed by atoms with Crippen molar-refractivity contribution in [1.29, 1.82) is 5.26 Å². The zero-order chi connectivity index (χ0) is 13.2. The summed E-state index contributed by atoms with van der Waals surface area (Å²) in [4.78, 5) is 0. The maximum absolute atomic E-state index is 9.10. The highest BCUT2D eigenvalue weighted by Crippen LogP contribution is 2.29. The predicted molar refractivity (Wildman–Crippen MR) is 68.7 cm³/mol. The summed E-state index contributed by atoms with van der Waals surface area (Å²) in [6, 6.07) is 4.02. The van der Waals surface area contributed by atoms with Gasteiger partial charge >= 0.3 is 0 Å². The zero-order valence-electron chi connectivity index (χ0n) is 10.3. The van der Waals surface area contributed by atoms with Gasteiger partial charge in [0.25, 0.3) is 0 Å². The molecule has 0 atom stereocenters. The number of pyridine rings is 1. The number of aromatic amines is 1. The van der Waals surface area contributed by atoms with Gasteiger partial charge in [-0.05, 0) is 13.0 Å². The van der Waals surface area contributed by atoms with Gasteiger partial charge in [0.2, 0.25) is 0 Å². The smallest absolute Gasteiger partial charge is 0.147 e. The largest absolute Gasteiger partial charge is 0.492 e. The predicted octanol–water partition coefficient (Wildman–Crippen LogP) is 1.99. The fourth-order valence-corrected chi connectivity index (χ4v) is 2.00. The van der Waals surface area contributed by atoms with Crippen molar-refractivity contribution in [1.82, 2.24) is 19.8 Å². The zero-order valence-corrected chi connectivity index (χ0v) is 10.3. The lowest BCUT2D eigenvalue weighted by Crippen LogP contribution is -1.97. The number of nitrogens with zero attached hydrogens (tertiary/aromatic N) is 4. The molecule has 0 aliphatic carbocycles. The van der Waals surface area contributed by atoms with E-state index in [-0.39, 0.29) is 0 Å². The van der Waals surface area contributed by atoms with Crippen LogP contribution in [0.25, 0.3) is 16.6 Å². The summed E-state index contributed by atoms with van der Waals surface area (Å²) < 4.78 is 7.27. The lowest BCUT2D eigenvalue weighted by Gasteiger charge is -2.08. The van der Waals surface area contributed by atoms with Gasteiger partial charge in [-0.1, -0.05) is 0 Å². The molecule has 94 valence electrons. The molecule has 6 nitrogen and oxygen atoms in total. The van der Waals surface area contributed by atoms with Crippen molar-refractivity contribution in [3.63, 3.8) is 0 Å². The molecule has 0 amide bonds. The Kier molecular flexibility index (Phi) is 2.65. The summed E-state index contributed by atoms with van der Waals surface area (Å²) in [5, 5.41) is 20.0. The van der Waals surface area contributed by atoms with E-state index in [1.54, 1.807) is 16.9 Å². The molecule has 6 heteroatoms. The fourth-order valence-electron chi connectivity index (χ4n) is 2.00. The van der Waals surface area contributed by atoms with Crippen molar-refractivity contribution in [3.05, 3.63) is 36.4 Å². The van der Waals surface area contributed by atoms with Crippen LogP contribution in [-0.2, 0) is 0 Å². The van der Waals surface area contributed by atoms with Crippen molar-refractivity contribution >= 4 is 5.52 Å². The van der Waals surface area contributed by atoms with Crippen LogP contribution < -0.4 is 4.74 Å². The molecule has 3 aromatic rings. The van der Waals surface area contributed by atoms with Crippen LogP contribution in [0.4, 0.5) is 0 Å². The molecule has 0 bridgehead atoms. The van der Waals surface area contributed by atoms with Gasteiger partial charge in [-0.15, -0.1) is 0 Å². The number of hydrogen-bond donors (Lipinski definition) is 1. The molecular weight excluding hydrogens is 242 g/mol. The summed E-state index contributed by atoms with van der Waals surface area (Å²) in [5.41, 5.74) is 3.06. The summed E-state index contributed by atoms with van der Waals surface area (Å²) in [7, 11) is 0. The Labute approximate surface area is 109 Å². The molecule has 19 heavy (non-hydrogen) atoms. The SMILES string of the molecule is CCOc1cc(-c2cn[nH]c2)cn2ncc(C#N)c12. The number of H-pyrrole nitrogens is 1. The van der Waals surface area contributed by atoms with Crippen LogP contribution in [0.5, 0.6) is 5.75 Å². The Morgan fingerprint density at radius 1 is 1.42 bits per heavy atom. The summed E-state index contributed by atoms with van der Waals surface area (Å²) in [5.74, 6) is 0.648. The van der Waals surface area contributed by atoms with Crippen LogP contribution in [0.1, 0.15) is 12.5 Å². The highest BCUT2D eigenvalue weighted by atomic mass is 16.5.